The molecule has 3 amide bonds. The quantitative estimate of drug-likeness (QED) is 0.688. The van der Waals surface area contributed by atoms with E-state index in [1.54, 1.807) is 0 Å². The molecular formula is C11H19N3O3. The highest BCUT2D eigenvalue weighted by Gasteiger charge is 2.41. The van der Waals surface area contributed by atoms with Crippen molar-refractivity contribution in [2.24, 2.45) is 0 Å². The summed E-state index contributed by atoms with van der Waals surface area (Å²) < 4.78 is 0. The van der Waals surface area contributed by atoms with Crippen molar-refractivity contribution in [2.75, 3.05) is 32.7 Å². The van der Waals surface area contributed by atoms with E-state index in [4.69, 9.17) is 0 Å². The molecule has 0 aromatic heterocycles. The minimum atomic E-state index is -0.623. The Kier molecular flexibility index (Phi) is 3.35. The van der Waals surface area contributed by atoms with Gasteiger partial charge in [-0.25, -0.2) is 4.79 Å². The molecule has 0 atom stereocenters. The molecule has 17 heavy (non-hydrogen) atoms. The van der Waals surface area contributed by atoms with Crippen molar-refractivity contribution in [1.82, 2.24) is 15.1 Å². The van der Waals surface area contributed by atoms with Crippen LogP contribution in [0.4, 0.5) is 4.79 Å². The van der Waals surface area contributed by atoms with Crippen LogP contribution in [0.1, 0.15) is 19.8 Å². The van der Waals surface area contributed by atoms with Gasteiger partial charge in [0, 0.05) is 26.2 Å². The Hall–Kier alpha value is -1.14. The number of nitrogens with one attached hydrogen (secondary N) is 1. The zero-order valence-electron chi connectivity index (χ0n) is 10.1. The van der Waals surface area contributed by atoms with Gasteiger partial charge in [0.1, 0.15) is 0 Å². The van der Waals surface area contributed by atoms with E-state index in [9.17, 15) is 14.7 Å². The minimum Gasteiger partial charge on any atom is -0.387 e. The van der Waals surface area contributed by atoms with Gasteiger partial charge in [-0.1, -0.05) is 13.3 Å². The van der Waals surface area contributed by atoms with Gasteiger partial charge in [-0.3, -0.25) is 14.6 Å². The molecule has 2 aliphatic heterocycles. The van der Waals surface area contributed by atoms with Gasteiger partial charge in [0.2, 0.25) is 5.91 Å². The third kappa shape index (κ3) is 2.58. The van der Waals surface area contributed by atoms with Gasteiger partial charge < -0.3 is 10.4 Å². The highest BCUT2D eigenvalue weighted by atomic mass is 16.3. The third-order valence-corrected chi connectivity index (χ3v) is 3.27. The van der Waals surface area contributed by atoms with E-state index in [0.717, 1.165) is 12.8 Å². The Morgan fingerprint density at radius 2 is 2.24 bits per heavy atom. The summed E-state index contributed by atoms with van der Waals surface area (Å²) in [5, 5.41) is 12.6. The number of urea groups is 1. The molecule has 2 N–H and O–H groups in total. The average molecular weight is 241 g/mol. The number of hydrogen-bond acceptors (Lipinski definition) is 4. The predicted molar refractivity (Wildman–Crippen MR) is 61.4 cm³/mol. The average Bonchev–Trinajstić information content (AvgIpc) is 2.62. The fourth-order valence-electron chi connectivity index (χ4n) is 2.51. The van der Waals surface area contributed by atoms with Crippen LogP contribution in [0.2, 0.25) is 0 Å². The summed E-state index contributed by atoms with van der Waals surface area (Å²) in [6.07, 6.45) is 1.70. The predicted octanol–water partition coefficient (Wildman–Crippen LogP) is -0.615. The first-order valence-corrected chi connectivity index (χ1v) is 6.07. The zero-order valence-corrected chi connectivity index (χ0v) is 10.1. The second-order valence-corrected chi connectivity index (χ2v) is 4.90. The molecule has 2 rings (SSSR count). The smallest absolute Gasteiger partial charge is 0.324 e. The Morgan fingerprint density at radius 3 is 2.76 bits per heavy atom. The van der Waals surface area contributed by atoms with Crippen LogP contribution in [0, 0.1) is 0 Å². The summed E-state index contributed by atoms with van der Waals surface area (Å²) in [5.41, 5.74) is -0.623. The number of carbonyl (C=O) groups is 2. The maximum atomic E-state index is 11.8. The molecule has 0 bridgehead atoms. The summed E-state index contributed by atoms with van der Waals surface area (Å²) >= 11 is 0. The molecule has 96 valence electrons. The second-order valence-electron chi connectivity index (χ2n) is 4.90. The number of carbonyl (C=O) groups excluding carboxylic acids is 2. The van der Waals surface area contributed by atoms with Crippen molar-refractivity contribution >= 4 is 11.9 Å². The Morgan fingerprint density at radius 1 is 1.53 bits per heavy atom. The maximum Gasteiger partial charge on any atom is 0.324 e. The molecule has 0 radical (unpaired) electrons. The lowest BCUT2D eigenvalue weighted by Crippen LogP contribution is -2.63. The van der Waals surface area contributed by atoms with Crippen molar-refractivity contribution in [3.63, 3.8) is 0 Å². The van der Waals surface area contributed by atoms with Crippen LogP contribution < -0.4 is 5.32 Å². The van der Waals surface area contributed by atoms with Gasteiger partial charge >= 0.3 is 6.03 Å². The van der Waals surface area contributed by atoms with Crippen LogP contribution in [0.3, 0.4) is 0 Å². The Labute approximate surface area is 101 Å². The van der Waals surface area contributed by atoms with Gasteiger partial charge in [-0.2, -0.15) is 0 Å². The summed E-state index contributed by atoms with van der Waals surface area (Å²) in [6, 6.07) is -0.306. The Balaban J connectivity index is 1.76. The summed E-state index contributed by atoms with van der Waals surface area (Å²) in [7, 11) is 0. The van der Waals surface area contributed by atoms with E-state index in [1.165, 1.54) is 4.90 Å². The summed E-state index contributed by atoms with van der Waals surface area (Å²) in [4.78, 5) is 26.1. The van der Waals surface area contributed by atoms with E-state index in [-0.39, 0.29) is 18.5 Å². The first kappa shape index (κ1) is 12.3. The normalized spacial score (nSPS) is 23.4. The van der Waals surface area contributed by atoms with Crippen LogP contribution in [0.5, 0.6) is 0 Å². The van der Waals surface area contributed by atoms with Gasteiger partial charge in [0.15, 0.2) is 0 Å². The van der Waals surface area contributed by atoms with Gasteiger partial charge in [-0.05, 0) is 6.42 Å². The fraction of sp³-hybridized carbons (Fsp3) is 0.818. The van der Waals surface area contributed by atoms with Crippen LogP contribution >= 0.6 is 0 Å². The molecule has 2 heterocycles. The van der Waals surface area contributed by atoms with Crippen molar-refractivity contribution in [1.29, 1.82) is 0 Å². The van der Waals surface area contributed by atoms with E-state index in [2.05, 4.69) is 5.32 Å². The molecule has 0 aromatic carbocycles. The zero-order chi connectivity index (χ0) is 12.5. The highest BCUT2D eigenvalue weighted by Crippen LogP contribution is 2.25. The lowest BCUT2D eigenvalue weighted by atomic mass is 9.89. The highest BCUT2D eigenvalue weighted by molar-refractivity contribution is 5.96. The van der Waals surface area contributed by atoms with E-state index in [1.807, 2.05) is 11.8 Å². The molecule has 2 aliphatic rings. The summed E-state index contributed by atoms with van der Waals surface area (Å²) in [5.74, 6) is -0.182. The first-order valence-electron chi connectivity index (χ1n) is 6.07. The molecule has 2 fully saturated rings. The molecule has 0 aromatic rings. The SMILES string of the molecule is CCCC1(O)CN(CC(=O)N2CCNC2=O)C1. The van der Waals surface area contributed by atoms with Crippen molar-refractivity contribution in [2.45, 2.75) is 25.4 Å². The Bertz CT molecular complexity index is 326. The molecule has 6 nitrogen and oxygen atoms in total. The number of aliphatic hydroxyl groups is 1. The first-order chi connectivity index (χ1) is 8.04. The minimum absolute atomic E-state index is 0.182. The van der Waals surface area contributed by atoms with E-state index >= 15 is 0 Å². The topological polar surface area (TPSA) is 72.9 Å². The van der Waals surface area contributed by atoms with E-state index < -0.39 is 5.60 Å². The number of nitrogens with zero attached hydrogens (tertiary/aromatic N) is 2. The van der Waals surface area contributed by atoms with Gasteiger partial charge in [-0.15, -0.1) is 0 Å². The number of hydrogen-bond donors (Lipinski definition) is 2. The van der Waals surface area contributed by atoms with Crippen molar-refractivity contribution in [3.05, 3.63) is 0 Å². The number of rotatable bonds is 4. The summed E-state index contributed by atoms with van der Waals surface area (Å²) in [6.45, 7) is 4.29. The lowest BCUT2D eigenvalue weighted by molar-refractivity contribution is -0.139. The number of likely N-dealkylation sites (tertiary alicyclic amines) is 1. The molecule has 2 saturated heterocycles. The number of amides is 3. The maximum absolute atomic E-state index is 11.8. The van der Waals surface area contributed by atoms with Crippen LogP contribution in [-0.4, -0.2) is 65.2 Å². The van der Waals surface area contributed by atoms with Crippen LogP contribution in [-0.2, 0) is 4.79 Å². The van der Waals surface area contributed by atoms with E-state index in [0.29, 0.717) is 26.2 Å². The molecule has 0 unspecified atom stereocenters. The largest absolute Gasteiger partial charge is 0.387 e. The number of imide groups is 1. The third-order valence-electron chi connectivity index (χ3n) is 3.27. The number of β-amino-alcohol motifs (C(OH)–C–C–N with tert-alkyl or cyclic N) is 1. The molecule has 0 spiro atoms. The van der Waals surface area contributed by atoms with Crippen LogP contribution in [0.15, 0.2) is 0 Å². The van der Waals surface area contributed by atoms with Gasteiger partial charge in [0.25, 0.3) is 0 Å². The fourth-order valence-corrected chi connectivity index (χ4v) is 2.51. The lowest BCUT2D eigenvalue weighted by Gasteiger charge is -2.46. The molecule has 0 saturated carbocycles. The molecule has 6 heteroatoms. The van der Waals surface area contributed by atoms with Gasteiger partial charge in [0.05, 0.1) is 12.1 Å². The monoisotopic (exact) mass is 241 g/mol. The molecular weight excluding hydrogens is 222 g/mol. The van der Waals surface area contributed by atoms with Crippen molar-refractivity contribution < 1.29 is 14.7 Å². The van der Waals surface area contributed by atoms with Crippen LogP contribution in [0.25, 0.3) is 0 Å². The molecule has 0 aliphatic carbocycles. The standard InChI is InChI=1S/C11H19N3O3/c1-2-3-11(17)7-13(8-11)6-9(15)14-5-4-12-10(14)16/h17H,2-8H2,1H3,(H,12,16). The van der Waals surface area contributed by atoms with Crippen molar-refractivity contribution in [3.8, 4) is 0 Å². The second kappa shape index (κ2) is 4.62.